The molecule has 130 valence electrons. The molecule has 1 aliphatic rings. The number of aliphatic hydroxyl groups is 4. The zero-order chi connectivity index (χ0) is 16.9. The predicted octanol–water partition coefficient (Wildman–Crippen LogP) is -0.695. The molecule has 1 fully saturated rings. The van der Waals surface area contributed by atoms with Gasteiger partial charge in [-0.3, -0.25) is 4.79 Å². The Kier molecular flexibility index (Phi) is 7.75. The van der Waals surface area contributed by atoms with E-state index in [0.717, 1.165) is 6.42 Å². The van der Waals surface area contributed by atoms with Gasteiger partial charge in [-0.2, -0.15) is 13.2 Å². The maximum atomic E-state index is 12.4. The van der Waals surface area contributed by atoms with E-state index >= 15 is 0 Å². The number of hydrogen-bond donors (Lipinski definition) is 5. The third-order valence-corrected chi connectivity index (χ3v) is 6.11. The molecule has 0 saturated carbocycles. The summed E-state index contributed by atoms with van der Waals surface area (Å²) in [4.78, 5) is 11.1. The van der Waals surface area contributed by atoms with Gasteiger partial charge in [0.05, 0.1) is 17.2 Å². The first-order chi connectivity index (χ1) is 10.2. The number of carbonyl (C=O) groups is 1. The zero-order valence-corrected chi connectivity index (χ0v) is 13.0. The minimum Gasteiger partial charge on any atom is -0.394 e. The second-order valence-corrected chi connectivity index (χ2v) is 7.49. The molecule has 0 aromatic carbocycles. The van der Waals surface area contributed by atoms with E-state index in [1.54, 1.807) is 5.32 Å². The monoisotopic (exact) mass is 365 g/mol. The molecule has 1 amide bonds. The number of thioether (sulfide) groups is 2. The van der Waals surface area contributed by atoms with Gasteiger partial charge in [-0.15, -0.1) is 23.5 Å². The Labute approximate surface area is 133 Å². The van der Waals surface area contributed by atoms with E-state index in [1.807, 2.05) is 0 Å². The van der Waals surface area contributed by atoms with Crippen molar-refractivity contribution in [2.24, 2.45) is 0 Å². The second-order valence-electron chi connectivity index (χ2n) is 4.69. The van der Waals surface area contributed by atoms with E-state index < -0.39 is 47.6 Å². The average Bonchev–Trinajstić information content (AvgIpc) is 2.50. The molecule has 1 heterocycles. The molecule has 0 unspecified atom stereocenters. The second kappa shape index (κ2) is 8.60. The molecule has 0 radical (unpaired) electrons. The summed E-state index contributed by atoms with van der Waals surface area (Å²) < 4.78 is 36.6. The average molecular weight is 365 g/mol. The summed E-state index contributed by atoms with van der Waals surface area (Å²) in [6.45, 7) is -0.872. The van der Waals surface area contributed by atoms with Crippen molar-refractivity contribution in [3.63, 3.8) is 0 Å². The summed E-state index contributed by atoms with van der Waals surface area (Å²) >= 11 is 2.51. The minimum absolute atomic E-state index is 0.601. The van der Waals surface area contributed by atoms with Gasteiger partial charge in [-0.05, 0) is 17.9 Å². The number of hydrogen-bond acceptors (Lipinski definition) is 7. The highest BCUT2D eigenvalue weighted by atomic mass is 32.2. The number of nitrogens with one attached hydrogen (secondary N) is 1. The zero-order valence-electron chi connectivity index (χ0n) is 11.4. The van der Waals surface area contributed by atoms with Crippen molar-refractivity contribution in [3.8, 4) is 0 Å². The summed E-state index contributed by atoms with van der Waals surface area (Å²) in [5.41, 5.74) is 0. The van der Waals surface area contributed by atoms with Crippen molar-refractivity contribution in [1.82, 2.24) is 5.32 Å². The Bertz CT molecular complexity index is 368. The third kappa shape index (κ3) is 5.46. The largest absolute Gasteiger partial charge is 0.471 e. The van der Waals surface area contributed by atoms with Crippen LogP contribution in [0.25, 0.3) is 0 Å². The van der Waals surface area contributed by atoms with E-state index in [-0.39, 0.29) is 0 Å². The van der Waals surface area contributed by atoms with Crippen LogP contribution in [0.2, 0.25) is 0 Å². The molecule has 0 aliphatic carbocycles. The van der Waals surface area contributed by atoms with Gasteiger partial charge in [0.15, 0.2) is 0 Å². The standard InChI is InChI=1S/C11H18F3NO5S2/c12-11(13,14)10(20)15-6(9-21-2-1-3-22-9)8(19)7(18)5(17)4-16/h5-9,16-19H,1-4H2,(H,15,20)/t5-,6-,7-,8-/m1/s1. The predicted molar refractivity (Wildman–Crippen MR) is 76.4 cm³/mol. The van der Waals surface area contributed by atoms with Crippen LogP contribution >= 0.6 is 23.5 Å². The normalized spacial score (nSPS) is 22.7. The Morgan fingerprint density at radius 3 is 2.18 bits per heavy atom. The maximum Gasteiger partial charge on any atom is 0.471 e. The maximum absolute atomic E-state index is 12.4. The Balaban J connectivity index is 2.87. The number of rotatable bonds is 6. The minimum atomic E-state index is -5.12. The fraction of sp³-hybridized carbons (Fsp3) is 0.909. The van der Waals surface area contributed by atoms with Crippen LogP contribution < -0.4 is 5.32 Å². The van der Waals surface area contributed by atoms with Gasteiger partial charge in [0, 0.05) is 0 Å². The fourth-order valence-corrected chi connectivity index (χ4v) is 4.91. The summed E-state index contributed by atoms with van der Waals surface area (Å²) in [6.07, 6.45) is -9.74. The summed E-state index contributed by atoms with van der Waals surface area (Å²) in [5.74, 6) is -0.947. The van der Waals surface area contributed by atoms with Crippen molar-refractivity contribution < 1.29 is 38.4 Å². The topological polar surface area (TPSA) is 110 Å². The summed E-state index contributed by atoms with van der Waals surface area (Å²) in [7, 11) is 0. The molecule has 1 saturated heterocycles. The number of aliphatic hydroxyl groups excluding tert-OH is 4. The molecule has 0 spiro atoms. The number of carbonyl (C=O) groups excluding carboxylic acids is 1. The van der Waals surface area contributed by atoms with Crippen LogP contribution in [0.1, 0.15) is 6.42 Å². The smallest absolute Gasteiger partial charge is 0.394 e. The molecular formula is C11H18F3NO5S2. The number of halogens is 3. The van der Waals surface area contributed by atoms with Crippen LogP contribution in [0.15, 0.2) is 0 Å². The molecule has 0 aromatic rings. The summed E-state index contributed by atoms with van der Waals surface area (Å²) in [6, 6.07) is -1.42. The van der Waals surface area contributed by atoms with Crippen LogP contribution in [0.3, 0.4) is 0 Å². The lowest BCUT2D eigenvalue weighted by Crippen LogP contribution is -2.58. The van der Waals surface area contributed by atoms with Gasteiger partial charge < -0.3 is 25.7 Å². The molecule has 1 rings (SSSR count). The highest BCUT2D eigenvalue weighted by molar-refractivity contribution is 8.17. The first-order valence-electron chi connectivity index (χ1n) is 6.44. The molecule has 6 nitrogen and oxygen atoms in total. The van der Waals surface area contributed by atoms with E-state index in [9.17, 15) is 33.3 Å². The van der Waals surface area contributed by atoms with Crippen molar-refractivity contribution in [3.05, 3.63) is 0 Å². The highest BCUT2D eigenvalue weighted by Gasteiger charge is 2.44. The SMILES string of the molecule is O=C(N[C@@H](C1SCCCS1)[C@@H](O)[C@H](O)[C@H](O)CO)C(F)(F)F. The van der Waals surface area contributed by atoms with Crippen molar-refractivity contribution in [2.75, 3.05) is 18.1 Å². The summed E-state index contributed by atoms with van der Waals surface area (Å²) in [5, 5.41) is 39.5. The first kappa shape index (κ1) is 19.8. The van der Waals surface area contributed by atoms with Gasteiger partial charge >= 0.3 is 12.1 Å². The van der Waals surface area contributed by atoms with Crippen LogP contribution in [0.4, 0.5) is 13.2 Å². The molecule has 0 bridgehead atoms. The lowest BCUT2D eigenvalue weighted by molar-refractivity contribution is -0.176. The van der Waals surface area contributed by atoms with Crippen LogP contribution in [0.5, 0.6) is 0 Å². The Hall–Kier alpha value is -0.200. The number of amides is 1. The van der Waals surface area contributed by atoms with E-state index in [4.69, 9.17) is 5.11 Å². The quantitative estimate of drug-likeness (QED) is 0.424. The van der Waals surface area contributed by atoms with E-state index in [0.29, 0.717) is 11.5 Å². The third-order valence-electron chi connectivity index (χ3n) is 3.00. The van der Waals surface area contributed by atoms with E-state index in [2.05, 4.69) is 0 Å². The van der Waals surface area contributed by atoms with Crippen LogP contribution in [-0.4, -0.2) is 79.6 Å². The van der Waals surface area contributed by atoms with Crippen molar-refractivity contribution >= 4 is 29.4 Å². The molecule has 5 N–H and O–H groups in total. The fourth-order valence-electron chi connectivity index (χ4n) is 1.81. The van der Waals surface area contributed by atoms with Gasteiger partial charge in [0.2, 0.25) is 0 Å². The van der Waals surface area contributed by atoms with E-state index in [1.165, 1.54) is 23.5 Å². The van der Waals surface area contributed by atoms with Gasteiger partial charge in [0.25, 0.3) is 0 Å². The molecular weight excluding hydrogens is 347 g/mol. The van der Waals surface area contributed by atoms with Crippen molar-refractivity contribution in [1.29, 1.82) is 0 Å². The van der Waals surface area contributed by atoms with Crippen molar-refractivity contribution in [2.45, 2.75) is 41.5 Å². The first-order valence-corrected chi connectivity index (χ1v) is 8.54. The van der Waals surface area contributed by atoms with Crippen LogP contribution in [0, 0.1) is 0 Å². The molecule has 0 aromatic heterocycles. The molecule has 4 atom stereocenters. The molecule has 1 aliphatic heterocycles. The molecule has 22 heavy (non-hydrogen) atoms. The van der Waals surface area contributed by atoms with Gasteiger partial charge in [0.1, 0.15) is 18.3 Å². The lowest BCUT2D eigenvalue weighted by atomic mass is 10.0. The van der Waals surface area contributed by atoms with Gasteiger partial charge in [-0.1, -0.05) is 0 Å². The Morgan fingerprint density at radius 2 is 1.73 bits per heavy atom. The lowest BCUT2D eigenvalue weighted by Gasteiger charge is -2.36. The van der Waals surface area contributed by atoms with Crippen LogP contribution in [-0.2, 0) is 4.79 Å². The highest BCUT2D eigenvalue weighted by Crippen LogP contribution is 2.35. The van der Waals surface area contributed by atoms with Gasteiger partial charge in [-0.25, -0.2) is 0 Å². The molecule has 11 heteroatoms. The Morgan fingerprint density at radius 1 is 1.18 bits per heavy atom. The number of alkyl halides is 3.